The molecule has 1 heterocycles. The van der Waals surface area contributed by atoms with Gasteiger partial charge in [0.25, 0.3) is 0 Å². The largest absolute Gasteiger partial charge is 0.376 e. The van der Waals surface area contributed by atoms with Crippen molar-refractivity contribution in [1.29, 1.82) is 0 Å². The van der Waals surface area contributed by atoms with Crippen molar-refractivity contribution < 1.29 is 9.53 Å². The normalized spacial score (nSPS) is 16.0. The zero-order valence-electron chi connectivity index (χ0n) is 10.4. The van der Waals surface area contributed by atoms with E-state index in [1.54, 1.807) is 0 Å². The van der Waals surface area contributed by atoms with E-state index in [4.69, 9.17) is 10.5 Å². The number of nitrogens with one attached hydrogen (secondary N) is 1. The van der Waals surface area contributed by atoms with E-state index in [1.807, 2.05) is 5.38 Å². The van der Waals surface area contributed by atoms with Crippen LogP contribution >= 0.6 is 11.3 Å². The number of rotatable bonds is 6. The number of hydrogen-bond donors (Lipinski definition) is 2. The van der Waals surface area contributed by atoms with Gasteiger partial charge in [-0.2, -0.15) is 0 Å². The number of carbonyl (C=O) groups is 1. The first-order valence-corrected chi connectivity index (χ1v) is 7.20. The fraction of sp³-hybridized carbons (Fsp3) is 0.667. The van der Waals surface area contributed by atoms with Crippen LogP contribution in [0.4, 0.5) is 5.13 Å². The van der Waals surface area contributed by atoms with Crippen molar-refractivity contribution in [3.63, 3.8) is 0 Å². The predicted molar refractivity (Wildman–Crippen MR) is 71.4 cm³/mol. The second-order valence-corrected chi connectivity index (χ2v) is 5.37. The van der Waals surface area contributed by atoms with E-state index in [1.165, 1.54) is 24.2 Å². The molecule has 3 N–H and O–H groups in total. The standard InChI is InChI=1S/C12H19N3O2S/c13-12-15-9(8-18-12)7-11(16)14-5-6-17-10-3-1-2-4-10/h8,10H,1-7H2,(H2,13,15)(H,14,16). The number of amides is 1. The highest BCUT2D eigenvalue weighted by molar-refractivity contribution is 7.13. The van der Waals surface area contributed by atoms with Gasteiger partial charge in [-0.1, -0.05) is 12.8 Å². The zero-order valence-corrected chi connectivity index (χ0v) is 11.2. The van der Waals surface area contributed by atoms with Crippen LogP contribution in [0.2, 0.25) is 0 Å². The number of nitrogen functional groups attached to an aromatic ring is 1. The molecule has 0 radical (unpaired) electrons. The monoisotopic (exact) mass is 269 g/mol. The van der Waals surface area contributed by atoms with Crippen LogP contribution in [-0.4, -0.2) is 30.1 Å². The van der Waals surface area contributed by atoms with E-state index < -0.39 is 0 Å². The van der Waals surface area contributed by atoms with Gasteiger partial charge in [-0.15, -0.1) is 11.3 Å². The van der Waals surface area contributed by atoms with Crippen molar-refractivity contribution in [1.82, 2.24) is 10.3 Å². The third-order valence-electron chi connectivity index (χ3n) is 2.99. The molecule has 1 saturated carbocycles. The van der Waals surface area contributed by atoms with E-state index in [0.29, 0.717) is 24.4 Å². The maximum atomic E-state index is 11.6. The summed E-state index contributed by atoms with van der Waals surface area (Å²) < 4.78 is 5.66. The number of aromatic nitrogens is 1. The minimum Gasteiger partial charge on any atom is -0.376 e. The first-order valence-electron chi connectivity index (χ1n) is 6.32. The van der Waals surface area contributed by atoms with Crippen LogP contribution in [0.15, 0.2) is 5.38 Å². The lowest BCUT2D eigenvalue weighted by Crippen LogP contribution is -2.29. The van der Waals surface area contributed by atoms with Crippen LogP contribution in [0.5, 0.6) is 0 Å². The molecule has 1 fully saturated rings. The highest BCUT2D eigenvalue weighted by Gasteiger charge is 2.14. The number of ether oxygens (including phenoxy) is 1. The van der Waals surface area contributed by atoms with Gasteiger partial charge in [-0.25, -0.2) is 4.98 Å². The summed E-state index contributed by atoms with van der Waals surface area (Å²) in [6.45, 7) is 1.16. The Hall–Kier alpha value is -1.14. The summed E-state index contributed by atoms with van der Waals surface area (Å²) in [7, 11) is 0. The molecule has 0 saturated heterocycles. The molecular weight excluding hydrogens is 250 g/mol. The summed E-state index contributed by atoms with van der Waals surface area (Å²) in [5.41, 5.74) is 6.23. The summed E-state index contributed by atoms with van der Waals surface area (Å²) >= 11 is 1.35. The van der Waals surface area contributed by atoms with Crippen molar-refractivity contribution in [2.45, 2.75) is 38.2 Å². The molecule has 0 aromatic carbocycles. The smallest absolute Gasteiger partial charge is 0.226 e. The third-order valence-corrected chi connectivity index (χ3v) is 3.71. The molecule has 2 rings (SSSR count). The number of nitrogens with two attached hydrogens (primary N) is 1. The molecular formula is C12H19N3O2S. The Balaban J connectivity index is 1.57. The van der Waals surface area contributed by atoms with Crippen LogP contribution in [0.3, 0.4) is 0 Å². The zero-order chi connectivity index (χ0) is 12.8. The SMILES string of the molecule is Nc1nc(CC(=O)NCCOC2CCCC2)cs1. The van der Waals surface area contributed by atoms with Crippen molar-refractivity contribution in [3.05, 3.63) is 11.1 Å². The molecule has 18 heavy (non-hydrogen) atoms. The Bertz CT molecular complexity index is 388. The molecule has 1 aliphatic rings. The van der Waals surface area contributed by atoms with Crippen molar-refractivity contribution >= 4 is 22.4 Å². The van der Waals surface area contributed by atoms with E-state index in [0.717, 1.165) is 18.5 Å². The topological polar surface area (TPSA) is 77.2 Å². The lowest BCUT2D eigenvalue weighted by molar-refractivity contribution is -0.120. The van der Waals surface area contributed by atoms with Gasteiger partial charge in [-0.3, -0.25) is 4.79 Å². The fourth-order valence-electron chi connectivity index (χ4n) is 2.10. The first kappa shape index (κ1) is 13.3. The minimum atomic E-state index is -0.0321. The predicted octanol–water partition coefficient (Wildman–Crippen LogP) is 1.34. The molecule has 0 bridgehead atoms. The molecule has 1 aliphatic carbocycles. The average molecular weight is 269 g/mol. The van der Waals surface area contributed by atoms with Crippen molar-refractivity contribution in [2.75, 3.05) is 18.9 Å². The number of thiazole rings is 1. The number of hydrogen-bond acceptors (Lipinski definition) is 5. The molecule has 0 atom stereocenters. The second-order valence-electron chi connectivity index (χ2n) is 4.48. The van der Waals surface area contributed by atoms with Gasteiger partial charge < -0.3 is 15.8 Å². The molecule has 1 amide bonds. The van der Waals surface area contributed by atoms with Gasteiger partial charge in [0.15, 0.2) is 5.13 Å². The quantitative estimate of drug-likeness (QED) is 0.764. The van der Waals surface area contributed by atoms with Crippen LogP contribution < -0.4 is 11.1 Å². The number of carbonyl (C=O) groups excluding carboxylic acids is 1. The molecule has 1 aromatic rings. The van der Waals surface area contributed by atoms with Gasteiger partial charge in [0.05, 0.1) is 24.8 Å². The van der Waals surface area contributed by atoms with E-state index in [-0.39, 0.29) is 12.3 Å². The van der Waals surface area contributed by atoms with Crippen molar-refractivity contribution in [2.24, 2.45) is 0 Å². The van der Waals surface area contributed by atoms with Gasteiger partial charge in [-0.05, 0) is 12.8 Å². The lowest BCUT2D eigenvalue weighted by atomic mass is 10.3. The summed E-state index contributed by atoms with van der Waals surface area (Å²) in [5.74, 6) is -0.0321. The highest BCUT2D eigenvalue weighted by atomic mass is 32.1. The summed E-state index contributed by atoms with van der Waals surface area (Å²) in [4.78, 5) is 15.6. The average Bonchev–Trinajstić information content (AvgIpc) is 2.96. The van der Waals surface area contributed by atoms with Gasteiger partial charge >= 0.3 is 0 Å². The summed E-state index contributed by atoms with van der Waals surface area (Å²) in [5, 5.41) is 5.14. The van der Waals surface area contributed by atoms with Crippen LogP contribution in [0.1, 0.15) is 31.4 Å². The molecule has 0 aliphatic heterocycles. The van der Waals surface area contributed by atoms with Crippen molar-refractivity contribution in [3.8, 4) is 0 Å². The van der Waals surface area contributed by atoms with E-state index in [2.05, 4.69) is 10.3 Å². The molecule has 5 nitrogen and oxygen atoms in total. The number of anilines is 1. The third kappa shape index (κ3) is 4.27. The second kappa shape index (κ2) is 6.70. The van der Waals surface area contributed by atoms with E-state index in [9.17, 15) is 4.79 Å². The Morgan fingerprint density at radius 1 is 1.56 bits per heavy atom. The van der Waals surface area contributed by atoms with Gasteiger partial charge in [0.1, 0.15) is 0 Å². The first-order chi connectivity index (χ1) is 8.74. The fourth-order valence-corrected chi connectivity index (χ4v) is 2.66. The molecule has 100 valence electrons. The number of nitrogens with zero attached hydrogens (tertiary/aromatic N) is 1. The molecule has 6 heteroatoms. The Labute approximate surface area is 111 Å². The van der Waals surface area contributed by atoms with Crippen LogP contribution in [-0.2, 0) is 16.0 Å². The summed E-state index contributed by atoms with van der Waals surface area (Å²) in [6, 6.07) is 0. The van der Waals surface area contributed by atoms with Gasteiger partial charge in [0, 0.05) is 11.9 Å². The van der Waals surface area contributed by atoms with Crippen LogP contribution in [0, 0.1) is 0 Å². The highest BCUT2D eigenvalue weighted by Crippen LogP contribution is 2.20. The Kier molecular flexibility index (Phi) is 4.95. The minimum absolute atomic E-state index is 0.0321. The van der Waals surface area contributed by atoms with Crippen LogP contribution in [0.25, 0.3) is 0 Å². The molecule has 1 aromatic heterocycles. The molecule has 0 unspecified atom stereocenters. The maximum absolute atomic E-state index is 11.6. The maximum Gasteiger partial charge on any atom is 0.226 e. The Morgan fingerprint density at radius 3 is 3.00 bits per heavy atom. The van der Waals surface area contributed by atoms with E-state index >= 15 is 0 Å². The lowest BCUT2D eigenvalue weighted by Gasteiger charge is -2.11. The Morgan fingerprint density at radius 2 is 2.33 bits per heavy atom. The van der Waals surface area contributed by atoms with Gasteiger partial charge in [0.2, 0.25) is 5.91 Å². The molecule has 0 spiro atoms. The summed E-state index contributed by atoms with van der Waals surface area (Å²) in [6.07, 6.45) is 5.54.